The lowest BCUT2D eigenvalue weighted by Crippen LogP contribution is -2.36. The molecule has 0 aliphatic heterocycles. The molecule has 1 rings (SSSR count). The van der Waals surface area contributed by atoms with Crippen molar-refractivity contribution >= 4 is 5.95 Å². The van der Waals surface area contributed by atoms with Crippen molar-refractivity contribution in [1.29, 1.82) is 0 Å². The van der Waals surface area contributed by atoms with Gasteiger partial charge in [-0.3, -0.25) is 0 Å². The summed E-state index contributed by atoms with van der Waals surface area (Å²) in [4.78, 5) is 9.68. The Morgan fingerprint density at radius 1 is 1.50 bits per heavy atom. The molecule has 0 saturated heterocycles. The van der Waals surface area contributed by atoms with Gasteiger partial charge in [-0.2, -0.15) is 0 Å². The third-order valence-corrected chi connectivity index (χ3v) is 1.78. The molecule has 0 radical (unpaired) electrons. The zero-order valence-electron chi connectivity index (χ0n) is 8.44. The molecule has 0 aromatic carbocycles. The summed E-state index contributed by atoms with van der Waals surface area (Å²) in [5, 5.41) is 0. The molecule has 0 bridgehead atoms. The average molecular weight is 198 g/mol. The second-order valence-electron chi connectivity index (χ2n) is 3.22. The van der Waals surface area contributed by atoms with E-state index in [1.807, 2.05) is 18.7 Å². The van der Waals surface area contributed by atoms with E-state index in [4.69, 9.17) is 5.73 Å². The van der Waals surface area contributed by atoms with Crippen LogP contribution in [0.3, 0.4) is 0 Å². The van der Waals surface area contributed by atoms with Crippen molar-refractivity contribution in [2.24, 2.45) is 5.73 Å². The fraction of sp³-hybridized carbons (Fsp3) is 0.556. The summed E-state index contributed by atoms with van der Waals surface area (Å²) in [6, 6.07) is 0.0450. The summed E-state index contributed by atoms with van der Waals surface area (Å²) in [7, 11) is 0. The van der Waals surface area contributed by atoms with Crippen molar-refractivity contribution in [2.45, 2.75) is 19.9 Å². The van der Waals surface area contributed by atoms with E-state index in [9.17, 15) is 4.39 Å². The molecule has 5 heteroatoms. The van der Waals surface area contributed by atoms with E-state index >= 15 is 0 Å². The third kappa shape index (κ3) is 2.92. The summed E-state index contributed by atoms with van der Waals surface area (Å²) < 4.78 is 12.5. The second kappa shape index (κ2) is 4.85. The van der Waals surface area contributed by atoms with Gasteiger partial charge >= 0.3 is 0 Å². The zero-order valence-corrected chi connectivity index (χ0v) is 8.44. The number of rotatable bonds is 4. The van der Waals surface area contributed by atoms with Crippen molar-refractivity contribution < 1.29 is 4.39 Å². The number of nitrogens with zero attached hydrogens (tertiary/aromatic N) is 3. The molecule has 78 valence electrons. The quantitative estimate of drug-likeness (QED) is 0.777. The van der Waals surface area contributed by atoms with Gasteiger partial charge < -0.3 is 10.6 Å². The highest BCUT2D eigenvalue weighted by atomic mass is 19.1. The van der Waals surface area contributed by atoms with Gasteiger partial charge in [-0.1, -0.05) is 0 Å². The number of hydrogen-bond donors (Lipinski definition) is 1. The summed E-state index contributed by atoms with van der Waals surface area (Å²) in [6.07, 6.45) is 2.32. The molecule has 14 heavy (non-hydrogen) atoms. The van der Waals surface area contributed by atoms with E-state index in [0.29, 0.717) is 12.5 Å². The highest BCUT2D eigenvalue weighted by Gasteiger charge is 2.08. The number of halogens is 1. The largest absolute Gasteiger partial charge is 0.340 e. The van der Waals surface area contributed by atoms with Crippen LogP contribution in [-0.4, -0.2) is 29.1 Å². The fourth-order valence-corrected chi connectivity index (χ4v) is 1.17. The van der Waals surface area contributed by atoms with E-state index in [1.54, 1.807) is 0 Å². The average Bonchev–Trinajstić information content (AvgIpc) is 2.15. The molecule has 0 spiro atoms. The van der Waals surface area contributed by atoms with Gasteiger partial charge in [0.25, 0.3) is 0 Å². The predicted octanol–water partition coefficient (Wildman–Crippen LogP) is 0.789. The summed E-state index contributed by atoms with van der Waals surface area (Å²) >= 11 is 0. The highest BCUT2D eigenvalue weighted by molar-refractivity contribution is 5.28. The molecular formula is C9H15FN4. The minimum Gasteiger partial charge on any atom is -0.340 e. The van der Waals surface area contributed by atoms with Crippen LogP contribution in [0.15, 0.2) is 12.4 Å². The minimum atomic E-state index is -0.425. The second-order valence-corrected chi connectivity index (χ2v) is 3.22. The van der Waals surface area contributed by atoms with Gasteiger partial charge in [0.15, 0.2) is 5.82 Å². The van der Waals surface area contributed by atoms with Crippen molar-refractivity contribution in [1.82, 2.24) is 9.97 Å². The van der Waals surface area contributed by atoms with Crippen molar-refractivity contribution in [2.75, 3.05) is 18.0 Å². The Balaban J connectivity index is 2.73. The Hall–Kier alpha value is -1.23. The first kappa shape index (κ1) is 10.8. The Bertz CT molecular complexity index is 273. The molecule has 0 saturated carbocycles. The lowest BCUT2D eigenvalue weighted by molar-refractivity contribution is 0.608. The van der Waals surface area contributed by atoms with Gasteiger partial charge in [0.1, 0.15) is 0 Å². The van der Waals surface area contributed by atoms with Gasteiger partial charge in [0, 0.05) is 19.1 Å². The van der Waals surface area contributed by atoms with Crippen LogP contribution in [0.25, 0.3) is 0 Å². The number of likely N-dealkylation sites (N-methyl/N-ethyl adjacent to an activating group) is 1. The molecular weight excluding hydrogens is 183 g/mol. The van der Waals surface area contributed by atoms with Crippen LogP contribution >= 0.6 is 0 Å². The molecule has 1 aromatic rings. The van der Waals surface area contributed by atoms with E-state index in [1.165, 1.54) is 0 Å². The highest BCUT2D eigenvalue weighted by Crippen LogP contribution is 2.06. The molecule has 1 unspecified atom stereocenters. The smallest absolute Gasteiger partial charge is 0.225 e. The first-order chi connectivity index (χ1) is 6.63. The number of hydrogen-bond acceptors (Lipinski definition) is 4. The van der Waals surface area contributed by atoms with Crippen LogP contribution < -0.4 is 10.6 Å². The Morgan fingerprint density at radius 2 is 2.07 bits per heavy atom. The van der Waals surface area contributed by atoms with E-state index < -0.39 is 5.82 Å². The molecule has 0 aliphatic carbocycles. The number of anilines is 1. The Labute approximate surface area is 83.0 Å². The summed E-state index contributed by atoms with van der Waals surface area (Å²) in [5.41, 5.74) is 5.66. The van der Waals surface area contributed by atoms with Crippen LogP contribution in [0.1, 0.15) is 13.8 Å². The molecule has 0 amide bonds. The first-order valence-electron chi connectivity index (χ1n) is 4.61. The minimum absolute atomic E-state index is 0.0450. The SMILES string of the molecule is CCN(CC(C)N)c1ncc(F)cn1. The fourth-order valence-electron chi connectivity index (χ4n) is 1.17. The standard InChI is InChI=1S/C9H15FN4/c1-3-14(6-7(2)11)9-12-4-8(10)5-13-9/h4-5,7H,3,6,11H2,1-2H3. The van der Waals surface area contributed by atoms with Crippen LogP contribution in [-0.2, 0) is 0 Å². The topological polar surface area (TPSA) is 55.0 Å². The third-order valence-electron chi connectivity index (χ3n) is 1.78. The van der Waals surface area contributed by atoms with Crippen LogP contribution in [0.5, 0.6) is 0 Å². The molecule has 4 nitrogen and oxygen atoms in total. The van der Waals surface area contributed by atoms with Gasteiger partial charge in [0.2, 0.25) is 5.95 Å². The van der Waals surface area contributed by atoms with Crippen molar-refractivity contribution in [3.05, 3.63) is 18.2 Å². The summed E-state index contributed by atoms with van der Waals surface area (Å²) in [6.45, 7) is 5.32. The van der Waals surface area contributed by atoms with Crippen LogP contribution in [0, 0.1) is 5.82 Å². The Kier molecular flexibility index (Phi) is 3.76. The summed E-state index contributed by atoms with van der Waals surface area (Å²) in [5.74, 6) is 0.0943. The van der Waals surface area contributed by atoms with Crippen molar-refractivity contribution in [3.63, 3.8) is 0 Å². The first-order valence-corrected chi connectivity index (χ1v) is 4.61. The molecule has 2 N–H and O–H groups in total. The maximum absolute atomic E-state index is 12.5. The molecule has 0 aliphatic rings. The molecule has 1 heterocycles. The Morgan fingerprint density at radius 3 is 2.50 bits per heavy atom. The maximum Gasteiger partial charge on any atom is 0.225 e. The van der Waals surface area contributed by atoms with Crippen LogP contribution in [0.2, 0.25) is 0 Å². The molecule has 1 aromatic heterocycles. The lowest BCUT2D eigenvalue weighted by atomic mass is 10.3. The van der Waals surface area contributed by atoms with Gasteiger partial charge in [-0.05, 0) is 13.8 Å². The predicted molar refractivity (Wildman–Crippen MR) is 53.5 cm³/mol. The normalized spacial score (nSPS) is 12.6. The van der Waals surface area contributed by atoms with Gasteiger partial charge in [0.05, 0.1) is 12.4 Å². The maximum atomic E-state index is 12.5. The van der Waals surface area contributed by atoms with E-state index in [-0.39, 0.29) is 6.04 Å². The van der Waals surface area contributed by atoms with E-state index in [2.05, 4.69) is 9.97 Å². The number of aromatic nitrogens is 2. The van der Waals surface area contributed by atoms with Gasteiger partial charge in [-0.15, -0.1) is 0 Å². The molecule has 1 atom stereocenters. The lowest BCUT2D eigenvalue weighted by Gasteiger charge is -2.22. The van der Waals surface area contributed by atoms with Gasteiger partial charge in [-0.25, -0.2) is 14.4 Å². The number of nitrogens with two attached hydrogens (primary N) is 1. The van der Waals surface area contributed by atoms with Crippen LogP contribution in [0.4, 0.5) is 10.3 Å². The zero-order chi connectivity index (χ0) is 10.6. The monoisotopic (exact) mass is 198 g/mol. The molecule has 0 fully saturated rings. The van der Waals surface area contributed by atoms with E-state index in [0.717, 1.165) is 18.9 Å². The van der Waals surface area contributed by atoms with Crippen molar-refractivity contribution in [3.8, 4) is 0 Å².